The first-order valence-electron chi connectivity index (χ1n) is 5.42. The first-order chi connectivity index (χ1) is 8.58. The van der Waals surface area contributed by atoms with Crippen LogP contribution in [0.2, 0.25) is 0 Å². The maximum Gasteiger partial charge on any atom is 0.306 e. The first-order valence-corrected chi connectivity index (χ1v) is 6.19. The molecule has 18 heavy (non-hydrogen) atoms. The van der Waals surface area contributed by atoms with Crippen LogP contribution >= 0.6 is 11.5 Å². The lowest BCUT2D eigenvalue weighted by Crippen LogP contribution is -2.34. The number of carboxylic acid groups (broad SMARTS) is 1. The molecule has 0 radical (unpaired) electrons. The van der Waals surface area contributed by atoms with E-state index in [0.717, 1.165) is 11.5 Å². The molecule has 0 aromatic carbocycles. The van der Waals surface area contributed by atoms with Crippen LogP contribution in [0.4, 0.5) is 0 Å². The number of carbonyl (C=O) groups is 2. The maximum atomic E-state index is 11.8. The molecule has 0 aliphatic rings. The molecular weight excluding hydrogens is 258 g/mol. The van der Waals surface area contributed by atoms with Gasteiger partial charge in [0.15, 0.2) is 0 Å². The number of aryl methyl sites for hydroxylation is 1. The highest BCUT2D eigenvalue weighted by molar-refractivity contribution is 7.08. The Morgan fingerprint density at radius 2 is 2.28 bits per heavy atom. The number of methoxy groups -OCH3 is 1. The topological polar surface area (TPSA) is 101 Å². The van der Waals surface area contributed by atoms with Crippen LogP contribution in [0.3, 0.4) is 0 Å². The average Bonchev–Trinajstić information content (AvgIpc) is 2.81. The summed E-state index contributed by atoms with van der Waals surface area (Å²) >= 11 is 1.03. The molecule has 1 heterocycles. The summed E-state index contributed by atoms with van der Waals surface area (Å²) in [5.41, 5.74) is 0.643. The highest BCUT2D eigenvalue weighted by Crippen LogP contribution is 2.10. The lowest BCUT2D eigenvalue weighted by Gasteiger charge is -2.13. The summed E-state index contributed by atoms with van der Waals surface area (Å²) in [4.78, 5) is 22.8. The zero-order valence-corrected chi connectivity index (χ0v) is 11.0. The van der Waals surface area contributed by atoms with Gasteiger partial charge in [-0.15, -0.1) is 5.10 Å². The van der Waals surface area contributed by atoms with Gasteiger partial charge in [-0.1, -0.05) is 11.4 Å². The Balaban J connectivity index is 2.52. The van der Waals surface area contributed by atoms with Crippen molar-refractivity contribution in [1.82, 2.24) is 14.9 Å². The van der Waals surface area contributed by atoms with E-state index in [9.17, 15) is 9.59 Å². The van der Waals surface area contributed by atoms with Crippen LogP contribution < -0.4 is 5.32 Å². The van der Waals surface area contributed by atoms with Gasteiger partial charge in [0.2, 0.25) is 0 Å². The SMILES string of the molecule is CCc1nnsc1C(=O)NCC(CC(=O)O)OC. The molecule has 0 saturated heterocycles. The minimum Gasteiger partial charge on any atom is -0.481 e. The van der Waals surface area contributed by atoms with Crippen LogP contribution in [0.5, 0.6) is 0 Å². The summed E-state index contributed by atoms with van der Waals surface area (Å²) in [5.74, 6) is -1.26. The van der Waals surface area contributed by atoms with Gasteiger partial charge in [0, 0.05) is 13.7 Å². The number of carbonyl (C=O) groups excluding carboxylic acids is 1. The van der Waals surface area contributed by atoms with Crippen molar-refractivity contribution in [3.05, 3.63) is 10.6 Å². The van der Waals surface area contributed by atoms with Crippen molar-refractivity contribution in [2.45, 2.75) is 25.9 Å². The Hall–Kier alpha value is -1.54. The summed E-state index contributed by atoms with van der Waals surface area (Å²) in [6.07, 6.45) is -0.0714. The highest BCUT2D eigenvalue weighted by atomic mass is 32.1. The van der Waals surface area contributed by atoms with E-state index in [1.807, 2.05) is 6.92 Å². The second-order valence-corrected chi connectivity index (χ2v) is 4.32. The molecule has 100 valence electrons. The number of rotatable bonds is 7. The zero-order valence-electron chi connectivity index (χ0n) is 10.2. The number of carboxylic acids is 1. The van der Waals surface area contributed by atoms with Gasteiger partial charge < -0.3 is 15.2 Å². The molecule has 1 unspecified atom stereocenters. The average molecular weight is 273 g/mol. The highest BCUT2D eigenvalue weighted by Gasteiger charge is 2.18. The molecule has 1 aromatic rings. The van der Waals surface area contributed by atoms with Crippen LogP contribution in [0, 0.1) is 0 Å². The number of ether oxygens (including phenoxy) is 1. The predicted molar refractivity (Wildman–Crippen MR) is 64.7 cm³/mol. The van der Waals surface area contributed by atoms with Crippen molar-refractivity contribution < 1.29 is 19.4 Å². The number of nitrogens with zero attached hydrogens (tertiary/aromatic N) is 2. The molecule has 0 saturated carbocycles. The third-order valence-electron chi connectivity index (χ3n) is 2.32. The van der Waals surface area contributed by atoms with Crippen LogP contribution in [-0.4, -0.2) is 46.3 Å². The molecule has 1 amide bonds. The van der Waals surface area contributed by atoms with E-state index < -0.39 is 12.1 Å². The normalized spacial score (nSPS) is 12.1. The minimum absolute atomic E-state index is 0.142. The quantitative estimate of drug-likeness (QED) is 0.742. The van der Waals surface area contributed by atoms with Gasteiger partial charge in [-0.2, -0.15) is 0 Å². The summed E-state index contributed by atoms with van der Waals surface area (Å²) in [5, 5.41) is 15.1. The smallest absolute Gasteiger partial charge is 0.306 e. The first kappa shape index (κ1) is 14.5. The van der Waals surface area contributed by atoms with Gasteiger partial charge in [0.25, 0.3) is 5.91 Å². The molecule has 0 bridgehead atoms. The molecule has 1 rings (SSSR count). The Labute approximate surface area is 108 Å². The van der Waals surface area contributed by atoms with Crippen LogP contribution in [0.25, 0.3) is 0 Å². The number of hydrogen-bond acceptors (Lipinski definition) is 6. The zero-order chi connectivity index (χ0) is 13.5. The maximum absolute atomic E-state index is 11.8. The van der Waals surface area contributed by atoms with Gasteiger partial charge in [-0.05, 0) is 18.0 Å². The summed E-state index contributed by atoms with van der Waals surface area (Å²) in [7, 11) is 1.41. The third-order valence-corrected chi connectivity index (χ3v) is 3.09. The molecule has 1 atom stereocenters. The number of nitrogens with one attached hydrogen (secondary N) is 1. The summed E-state index contributed by atoms with van der Waals surface area (Å²) < 4.78 is 8.68. The Morgan fingerprint density at radius 1 is 1.56 bits per heavy atom. The van der Waals surface area contributed by atoms with E-state index in [2.05, 4.69) is 14.9 Å². The molecule has 0 fully saturated rings. The van der Waals surface area contributed by atoms with E-state index in [1.165, 1.54) is 7.11 Å². The Bertz CT molecular complexity index is 421. The van der Waals surface area contributed by atoms with Crippen LogP contribution in [0.1, 0.15) is 28.7 Å². The Kier molecular flexibility index (Phi) is 5.66. The largest absolute Gasteiger partial charge is 0.481 e. The molecule has 8 heteroatoms. The molecule has 0 spiro atoms. The van der Waals surface area contributed by atoms with E-state index >= 15 is 0 Å². The van der Waals surface area contributed by atoms with E-state index in [-0.39, 0.29) is 18.9 Å². The van der Waals surface area contributed by atoms with Crippen molar-refractivity contribution in [3.63, 3.8) is 0 Å². The van der Waals surface area contributed by atoms with Crippen LogP contribution in [-0.2, 0) is 16.0 Å². The molecule has 1 aromatic heterocycles. The van der Waals surface area contributed by atoms with Gasteiger partial charge in [0.1, 0.15) is 4.88 Å². The van der Waals surface area contributed by atoms with Crippen molar-refractivity contribution in [2.75, 3.05) is 13.7 Å². The summed E-state index contributed by atoms with van der Waals surface area (Å²) in [6.45, 7) is 2.03. The van der Waals surface area contributed by atoms with Crippen LogP contribution in [0.15, 0.2) is 0 Å². The molecular formula is C10H15N3O4S. The Morgan fingerprint density at radius 3 is 2.83 bits per heavy atom. The van der Waals surface area contributed by atoms with Gasteiger partial charge in [-0.25, -0.2) is 0 Å². The number of amides is 1. The minimum atomic E-state index is -0.968. The lowest BCUT2D eigenvalue weighted by molar-refractivity contribution is -0.139. The van der Waals surface area contributed by atoms with Crippen molar-refractivity contribution in [1.29, 1.82) is 0 Å². The van der Waals surface area contributed by atoms with Crippen molar-refractivity contribution in [2.24, 2.45) is 0 Å². The third kappa shape index (κ3) is 4.04. The van der Waals surface area contributed by atoms with E-state index in [0.29, 0.717) is 17.0 Å². The fourth-order valence-electron chi connectivity index (χ4n) is 1.33. The number of aliphatic carboxylic acids is 1. The lowest BCUT2D eigenvalue weighted by atomic mass is 10.2. The molecule has 0 aliphatic heterocycles. The number of aromatic nitrogens is 2. The van der Waals surface area contributed by atoms with Gasteiger partial charge >= 0.3 is 5.97 Å². The fraction of sp³-hybridized carbons (Fsp3) is 0.600. The second kappa shape index (κ2) is 7.02. The molecule has 0 aliphatic carbocycles. The van der Waals surface area contributed by atoms with E-state index in [1.54, 1.807) is 0 Å². The monoisotopic (exact) mass is 273 g/mol. The van der Waals surface area contributed by atoms with Crippen molar-refractivity contribution >= 4 is 23.4 Å². The molecule has 2 N–H and O–H groups in total. The van der Waals surface area contributed by atoms with Gasteiger partial charge in [-0.3, -0.25) is 9.59 Å². The predicted octanol–water partition coefficient (Wildman–Crippen LogP) is 0.320. The standard InChI is InChI=1S/C10H15N3O4S/c1-3-7-9(18-13-12-7)10(16)11-5-6(17-2)4-8(14)15/h6H,3-5H2,1-2H3,(H,11,16)(H,14,15). The van der Waals surface area contributed by atoms with Crippen molar-refractivity contribution in [3.8, 4) is 0 Å². The number of hydrogen-bond donors (Lipinski definition) is 2. The second-order valence-electron chi connectivity index (χ2n) is 3.57. The summed E-state index contributed by atoms with van der Waals surface area (Å²) in [6, 6.07) is 0. The molecule has 7 nitrogen and oxygen atoms in total. The van der Waals surface area contributed by atoms with Gasteiger partial charge in [0.05, 0.1) is 18.2 Å². The fourth-order valence-corrected chi connectivity index (χ4v) is 2.00. The van der Waals surface area contributed by atoms with E-state index in [4.69, 9.17) is 9.84 Å².